The highest BCUT2D eigenvalue weighted by atomic mass is 32.2. The summed E-state index contributed by atoms with van der Waals surface area (Å²) in [6.45, 7) is -0.356. The molecule has 8 nitrogen and oxygen atoms in total. The lowest BCUT2D eigenvalue weighted by Crippen LogP contribution is -2.38. The number of benzene rings is 1. The van der Waals surface area contributed by atoms with Gasteiger partial charge in [0.25, 0.3) is 10.0 Å². The van der Waals surface area contributed by atoms with Crippen LogP contribution in [0, 0.1) is 0 Å². The van der Waals surface area contributed by atoms with Gasteiger partial charge in [0.05, 0.1) is 11.4 Å². The Hall–Kier alpha value is -1.79. The molecule has 1 saturated carbocycles. The Morgan fingerprint density at radius 2 is 1.65 bits per heavy atom. The van der Waals surface area contributed by atoms with E-state index >= 15 is 0 Å². The third kappa shape index (κ3) is 5.53. The highest BCUT2D eigenvalue weighted by Gasteiger charge is 2.29. The van der Waals surface area contributed by atoms with Crippen LogP contribution in [-0.4, -0.2) is 58.0 Å². The maximum Gasteiger partial charge on any atom is 0.252 e. The highest BCUT2D eigenvalue weighted by Crippen LogP contribution is 2.27. The quantitative estimate of drug-likeness (QED) is 0.619. The Balaban J connectivity index is 1.63. The van der Waals surface area contributed by atoms with Crippen molar-refractivity contribution in [2.75, 3.05) is 26.0 Å². The first-order valence-corrected chi connectivity index (χ1v) is 13.8. The van der Waals surface area contributed by atoms with Crippen LogP contribution >= 0.6 is 11.3 Å². The number of rotatable bonds is 8. The van der Waals surface area contributed by atoms with Gasteiger partial charge in [-0.3, -0.25) is 4.79 Å². The fourth-order valence-electron chi connectivity index (χ4n) is 3.57. The molecule has 0 radical (unpaired) electrons. The molecule has 1 fully saturated rings. The van der Waals surface area contributed by atoms with E-state index in [1.165, 1.54) is 41.7 Å². The van der Waals surface area contributed by atoms with Gasteiger partial charge < -0.3 is 5.32 Å². The number of carbonyl (C=O) groups is 1. The fraction of sp³-hybridized carbons (Fsp3) is 0.450. The van der Waals surface area contributed by atoms with E-state index in [0.29, 0.717) is 5.69 Å². The molecule has 11 heteroatoms. The summed E-state index contributed by atoms with van der Waals surface area (Å²) in [5.74, 6) is -0.516. The van der Waals surface area contributed by atoms with Gasteiger partial charge in [0.2, 0.25) is 15.9 Å². The van der Waals surface area contributed by atoms with Gasteiger partial charge in [-0.25, -0.2) is 16.8 Å². The molecule has 31 heavy (non-hydrogen) atoms. The zero-order valence-electron chi connectivity index (χ0n) is 17.5. The lowest BCUT2D eigenvalue weighted by atomic mass is 9.96. The zero-order chi connectivity index (χ0) is 22.6. The van der Waals surface area contributed by atoms with Crippen molar-refractivity contribution in [3.05, 3.63) is 41.8 Å². The van der Waals surface area contributed by atoms with Crippen LogP contribution in [0.1, 0.15) is 32.1 Å². The van der Waals surface area contributed by atoms with Gasteiger partial charge in [-0.05, 0) is 48.6 Å². The monoisotopic (exact) mass is 485 g/mol. The van der Waals surface area contributed by atoms with Crippen molar-refractivity contribution in [2.45, 2.75) is 47.3 Å². The van der Waals surface area contributed by atoms with E-state index in [1.54, 1.807) is 18.5 Å². The van der Waals surface area contributed by atoms with Crippen molar-refractivity contribution in [3.63, 3.8) is 0 Å². The van der Waals surface area contributed by atoms with Gasteiger partial charge in [-0.2, -0.15) is 8.61 Å². The first-order valence-electron chi connectivity index (χ1n) is 10.00. The third-order valence-corrected chi connectivity index (χ3v) is 10.5. The van der Waals surface area contributed by atoms with Gasteiger partial charge in [-0.1, -0.05) is 25.3 Å². The molecule has 1 heterocycles. The standard InChI is InChI=1S/C20H27N3O5S3/c1-22(31(27,28)20-9-6-14-29-20)15-19(24)21-16-10-12-18(13-11-16)30(25,26)23(2)17-7-4-3-5-8-17/h6,9-14,17H,3-5,7-8,15H2,1-2H3,(H,21,24). The minimum atomic E-state index is -3.72. The molecule has 2 aromatic rings. The number of hydrogen-bond acceptors (Lipinski definition) is 6. The number of hydrogen-bond donors (Lipinski definition) is 1. The summed E-state index contributed by atoms with van der Waals surface area (Å²) in [6, 6.07) is 9.05. The summed E-state index contributed by atoms with van der Waals surface area (Å²) in [4.78, 5) is 12.5. The van der Waals surface area contributed by atoms with Crippen LogP contribution in [0.5, 0.6) is 0 Å². The average Bonchev–Trinajstić information content (AvgIpc) is 3.30. The Morgan fingerprint density at radius 3 is 2.23 bits per heavy atom. The molecule has 0 atom stereocenters. The topological polar surface area (TPSA) is 104 Å². The van der Waals surface area contributed by atoms with Gasteiger partial charge in [0.15, 0.2) is 0 Å². The lowest BCUT2D eigenvalue weighted by molar-refractivity contribution is -0.116. The number of thiophene rings is 1. The summed E-state index contributed by atoms with van der Waals surface area (Å²) in [6.07, 6.45) is 4.94. The van der Waals surface area contributed by atoms with E-state index in [9.17, 15) is 21.6 Å². The number of sulfonamides is 2. The largest absolute Gasteiger partial charge is 0.325 e. The second kappa shape index (κ2) is 9.78. The van der Waals surface area contributed by atoms with Crippen LogP contribution in [0.3, 0.4) is 0 Å². The van der Waals surface area contributed by atoms with Crippen molar-refractivity contribution in [2.24, 2.45) is 0 Å². The van der Waals surface area contributed by atoms with E-state index in [-0.39, 0.29) is 21.7 Å². The van der Waals surface area contributed by atoms with E-state index in [1.807, 2.05) is 0 Å². The highest BCUT2D eigenvalue weighted by molar-refractivity contribution is 7.91. The van der Waals surface area contributed by atoms with Gasteiger partial charge in [0, 0.05) is 25.8 Å². The maximum atomic E-state index is 12.9. The van der Waals surface area contributed by atoms with Crippen LogP contribution in [0.25, 0.3) is 0 Å². The number of carbonyl (C=O) groups excluding carboxylic acids is 1. The van der Waals surface area contributed by atoms with Crippen molar-refractivity contribution >= 4 is 43.0 Å². The van der Waals surface area contributed by atoms with Crippen LogP contribution in [-0.2, 0) is 24.8 Å². The number of nitrogens with zero attached hydrogens (tertiary/aromatic N) is 2. The van der Waals surface area contributed by atoms with Gasteiger partial charge in [0.1, 0.15) is 4.21 Å². The van der Waals surface area contributed by atoms with E-state index < -0.39 is 26.0 Å². The van der Waals surface area contributed by atoms with Crippen LogP contribution in [0.2, 0.25) is 0 Å². The van der Waals surface area contributed by atoms with Crippen molar-refractivity contribution in [1.82, 2.24) is 8.61 Å². The lowest BCUT2D eigenvalue weighted by Gasteiger charge is -2.30. The smallest absolute Gasteiger partial charge is 0.252 e. The summed E-state index contributed by atoms with van der Waals surface area (Å²) in [5, 5.41) is 4.27. The maximum absolute atomic E-state index is 12.9. The molecule has 1 aliphatic rings. The number of likely N-dealkylation sites (N-methyl/N-ethyl adjacent to an activating group) is 1. The molecule has 170 valence electrons. The molecule has 1 aliphatic carbocycles. The number of amides is 1. The first-order chi connectivity index (χ1) is 14.6. The molecule has 1 N–H and O–H groups in total. The normalized spacial score (nSPS) is 16.0. The van der Waals surface area contributed by atoms with Gasteiger partial charge in [-0.15, -0.1) is 11.3 Å². The SMILES string of the molecule is CN(CC(=O)Nc1ccc(S(=O)(=O)N(C)C2CCCCC2)cc1)S(=O)(=O)c1cccs1. The average molecular weight is 486 g/mol. The van der Waals surface area contributed by atoms with Crippen LogP contribution < -0.4 is 5.32 Å². The number of anilines is 1. The Bertz CT molecular complexity index is 1090. The molecule has 0 aliphatic heterocycles. The predicted octanol–water partition coefficient (Wildman–Crippen LogP) is 2.96. The predicted molar refractivity (Wildman–Crippen MR) is 121 cm³/mol. The first kappa shape index (κ1) is 23.9. The molecular weight excluding hydrogens is 458 g/mol. The second-order valence-corrected chi connectivity index (χ2v) is 12.8. The third-order valence-electron chi connectivity index (χ3n) is 5.43. The molecular formula is C20H27N3O5S3. The number of nitrogens with one attached hydrogen (secondary N) is 1. The summed E-state index contributed by atoms with van der Waals surface area (Å²) < 4.78 is 53.2. The van der Waals surface area contributed by atoms with E-state index in [0.717, 1.165) is 47.7 Å². The van der Waals surface area contributed by atoms with Gasteiger partial charge >= 0.3 is 0 Å². The summed E-state index contributed by atoms with van der Waals surface area (Å²) >= 11 is 1.08. The van der Waals surface area contributed by atoms with Crippen molar-refractivity contribution in [1.29, 1.82) is 0 Å². The van der Waals surface area contributed by atoms with Crippen LogP contribution in [0.4, 0.5) is 5.69 Å². The zero-order valence-corrected chi connectivity index (χ0v) is 20.0. The Morgan fingerprint density at radius 1 is 1.00 bits per heavy atom. The molecule has 1 amide bonds. The summed E-state index contributed by atoms with van der Waals surface area (Å²) in [7, 11) is -4.38. The minimum Gasteiger partial charge on any atom is -0.325 e. The van der Waals surface area contributed by atoms with Crippen molar-refractivity contribution in [3.8, 4) is 0 Å². The van der Waals surface area contributed by atoms with Crippen LogP contribution in [0.15, 0.2) is 50.9 Å². The molecule has 1 aromatic heterocycles. The molecule has 0 saturated heterocycles. The Labute approximate surface area is 188 Å². The molecule has 0 spiro atoms. The molecule has 0 unspecified atom stereocenters. The summed E-state index contributed by atoms with van der Waals surface area (Å²) in [5.41, 5.74) is 0.395. The molecule has 3 rings (SSSR count). The molecule has 0 bridgehead atoms. The van der Waals surface area contributed by atoms with Crippen molar-refractivity contribution < 1.29 is 21.6 Å². The van der Waals surface area contributed by atoms with E-state index in [2.05, 4.69) is 5.32 Å². The molecule has 1 aromatic carbocycles. The minimum absolute atomic E-state index is 0.0129. The van der Waals surface area contributed by atoms with E-state index in [4.69, 9.17) is 0 Å². The fourth-order valence-corrected chi connectivity index (χ4v) is 7.31. The second-order valence-electron chi connectivity index (χ2n) is 7.58. The Kier molecular flexibility index (Phi) is 7.53.